The second-order valence-corrected chi connectivity index (χ2v) is 9.96. The molecule has 0 bridgehead atoms. The molecule has 1 aliphatic heterocycles. The summed E-state index contributed by atoms with van der Waals surface area (Å²) < 4.78 is 24.0. The molecule has 1 fully saturated rings. The van der Waals surface area contributed by atoms with Gasteiger partial charge >= 0.3 is 7.60 Å². The quantitative estimate of drug-likeness (QED) is 0.183. The maximum absolute atomic E-state index is 13.3. The van der Waals surface area contributed by atoms with Crippen LogP contribution in [0, 0.1) is 20.2 Å². The van der Waals surface area contributed by atoms with Gasteiger partial charge in [0.2, 0.25) is 0 Å². The fraction of sp³-hybridized carbons (Fsp3) is 0.292. The lowest BCUT2D eigenvalue weighted by Crippen LogP contribution is -2.38. The molecule has 0 aromatic heterocycles. The zero-order valence-electron chi connectivity index (χ0n) is 19.9. The number of nitro groups is 2. The molecule has 190 valence electrons. The van der Waals surface area contributed by atoms with E-state index < -0.39 is 17.4 Å². The predicted octanol–water partition coefficient (Wildman–Crippen LogP) is 5.08. The van der Waals surface area contributed by atoms with Gasteiger partial charge in [0.25, 0.3) is 11.4 Å². The van der Waals surface area contributed by atoms with Crippen molar-refractivity contribution in [3.63, 3.8) is 0 Å². The molecule has 0 radical (unpaired) electrons. The normalized spacial score (nSPS) is 17.0. The second-order valence-electron chi connectivity index (χ2n) is 7.94. The minimum absolute atomic E-state index is 0.0445. The van der Waals surface area contributed by atoms with E-state index in [4.69, 9.17) is 9.05 Å². The number of nitro benzene ring substituents is 2. The van der Waals surface area contributed by atoms with Crippen LogP contribution in [0.3, 0.4) is 0 Å². The number of hydrogen-bond donors (Lipinski definition) is 0. The Balaban J connectivity index is 1.97. The summed E-state index contributed by atoms with van der Waals surface area (Å²) in [7, 11) is -3.45. The molecule has 0 spiro atoms. The number of hydrogen-bond acceptors (Lipinski definition) is 9. The van der Waals surface area contributed by atoms with Crippen LogP contribution in [0.1, 0.15) is 25.0 Å². The van der Waals surface area contributed by atoms with Gasteiger partial charge in [-0.25, -0.2) is 0 Å². The number of non-ortho nitro benzene ring substituents is 2. The van der Waals surface area contributed by atoms with Crippen LogP contribution in [0.5, 0.6) is 0 Å². The summed E-state index contributed by atoms with van der Waals surface area (Å²) in [5.74, 6) is -0.245. The molecule has 2 aromatic rings. The Hall–Kier alpha value is -3.50. The lowest BCUT2D eigenvalue weighted by atomic mass is 9.94. The highest BCUT2D eigenvalue weighted by Crippen LogP contribution is 2.49. The molecule has 0 N–H and O–H groups in total. The van der Waals surface area contributed by atoms with Crippen LogP contribution < -0.4 is 0 Å². The summed E-state index contributed by atoms with van der Waals surface area (Å²) in [6, 6.07) is 11.6. The van der Waals surface area contributed by atoms with Gasteiger partial charge in [0, 0.05) is 48.5 Å². The second kappa shape index (κ2) is 12.0. The molecule has 3 rings (SSSR count). The molecular weight excluding hydrogens is 489 g/mol. The molecule has 36 heavy (non-hydrogen) atoms. The van der Waals surface area contributed by atoms with Crippen molar-refractivity contribution in [2.45, 2.75) is 13.8 Å². The van der Waals surface area contributed by atoms with Gasteiger partial charge in [-0.1, -0.05) is 0 Å². The molecule has 1 saturated heterocycles. The Morgan fingerprint density at radius 3 is 1.56 bits per heavy atom. The van der Waals surface area contributed by atoms with Crippen molar-refractivity contribution in [3.05, 3.63) is 91.0 Å². The van der Waals surface area contributed by atoms with Crippen LogP contribution in [0.25, 0.3) is 12.2 Å². The largest absolute Gasteiger partial charge is 0.344 e. The van der Waals surface area contributed by atoms with Gasteiger partial charge in [0.15, 0.2) is 5.78 Å². The van der Waals surface area contributed by atoms with Crippen molar-refractivity contribution in [2.75, 3.05) is 32.6 Å². The van der Waals surface area contributed by atoms with E-state index in [0.29, 0.717) is 22.3 Å². The number of likely N-dealkylation sites (tertiary alicyclic amines) is 1. The average Bonchev–Trinajstić information content (AvgIpc) is 2.83. The summed E-state index contributed by atoms with van der Waals surface area (Å²) >= 11 is 0. The van der Waals surface area contributed by atoms with E-state index in [-0.39, 0.29) is 49.7 Å². The van der Waals surface area contributed by atoms with Crippen molar-refractivity contribution in [3.8, 4) is 0 Å². The van der Waals surface area contributed by atoms with Crippen LogP contribution >= 0.6 is 7.60 Å². The van der Waals surface area contributed by atoms with Crippen molar-refractivity contribution in [1.29, 1.82) is 0 Å². The Kier molecular flexibility index (Phi) is 9.00. The summed E-state index contributed by atoms with van der Waals surface area (Å²) in [5, 5.41) is 21.9. The third kappa shape index (κ3) is 7.02. The lowest BCUT2D eigenvalue weighted by Gasteiger charge is -2.32. The van der Waals surface area contributed by atoms with Gasteiger partial charge in [-0.2, -0.15) is 0 Å². The van der Waals surface area contributed by atoms with E-state index in [1.165, 1.54) is 24.3 Å². The number of nitrogens with zero attached hydrogens (tertiary/aromatic N) is 3. The van der Waals surface area contributed by atoms with Gasteiger partial charge in [-0.05, 0) is 61.4 Å². The molecule has 0 saturated carbocycles. The van der Waals surface area contributed by atoms with Crippen molar-refractivity contribution in [2.24, 2.45) is 0 Å². The predicted molar refractivity (Wildman–Crippen MR) is 134 cm³/mol. The highest BCUT2D eigenvalue weighted by atomic mass is 31.2. The van der Waals surface area contributed by atoms with E-state index in [1.807, 2.05) is 0 Å². The van der Waals surface area contributed by atoms with Crippen LogP contribution in [0.4, 0.5) is 11.4 Å². The van der Waals surface area contributed by atoms with Crippen LogP contribution in [0.2, 0.25) is 0 Å². The Morgan fingerprint density at radius 2 is 1.22 bits per heavy atom. The van der Waals surface area contributed by atoms with Gasteiger partial charge in [-0.3, -0.25) is 34.5 Å². The zero-order valence-corrected chi connectivity index (χ0v) is 20.8. The van der Waals surface area contributed by atoms with Crippen LogP contribution in [0.15, 0.2) is 59.7 Å². The monoisotopic (exact) mass is 515 g/mol. The summed E-state index contributed by atoms with van der Waals surface area (Å²) in [5.41, 5.74) is 1.84. The molecule has 0 amide bonds. The van der Waals surface area contributed by atoms with Crippen molar-refractivity contribution < 1.29 is 28.3 Å². The van der Waals surface area contributed by atoms with Crippen LogP contribution in [-0.2, 0) is 18.4 Å². The van der Waals surface area contributed by atoms with Crippen molar-refractivity contribution >= 4 is 36.9 Å². The first-order valence-electron chi connectivity index (χ1n) is 11.2. The van der Waals surface area contributed by atoms with E-state index in [0.717, 1.165) is 0 Å². The maximum Gasteiger partial charge on any atom is 0.344 e. The first-order chi connectivity index (χ1) is 17.1. The number of carbonyl (C=O) groups excluding carboxylic acids is 1. The summed E-state index contributed by atoms with van der Waals surface area (Å²) in [6.45, 7) is 4.15. The van der Waals surface area contributed by atoms with E-state index in [9.17, 15) is 29.6 Å². The van der Waals surface area contributed by atoms with E-state index in [2.05, 4.69) is 0 Å². The fourth-order valence-electron chi connectivity index (χ4n) is 3.75. The van der Waals surface area contributed by atoms with Gasteiger partial charge in [-0.15, -0.1) is 0 Å². The zero-order chi connectivity index (χ0) is 26.3. The molecule has 1 heterocycles. The first-order valence-corrected chi connectivity index (χ1v) is 12.9. The molecule has 12 heteroatoms. The third-order valence-electron chi connectivity index (χ3n) is 5.29. The molecule has 2 aromatic carbocycles. The van der Waals surface area contributed by atoms with Gasteiger partial charge < -0.3 is 9.05 Å². The number of ketones is 1. The highest BCUT2D eigenvalue weighted by molar-refractivity contribution is 7.53. The maximum atomic E-state index is 13.3. The first kappa shape index (κ1) is 27.1. The molecule has 1 aliphatic rings. The standard InChI is InChI=1S/C24H26N3O8P/c1-3-34-36(33,35-4-2)17-25-15-20(13-18-5-9-22(10-6-18)26(29)30)24(28)21(16-25)14-19-7-11-23(12-8-19)27(31)32/h5-14H,3-4,15-17H2,1-2H3/b20-13+,21-14+. The molecular formula is C24H26N3O8P. The Labute approximate surface area is 207 Å². The Bertz CT molecular complexity index is 1150. The van der Waals surface area contributed by atoms with E-state index in [1.54, 1.807) is 55.2 Å². The molecule has 0 aliphatic carbocycles. The van der Waals surface area contributed by atoms with E-state index >= 15 is 0 Å². The smallest absolute Gasteiger partial charge is 0.308 e. The fourth-order valence-corrected chi connectivity index (χ4v) is 5.47. The third-order valence-corrected chi connectivity index (χ3v) is 7.34. The molecule has 0 atom stereocenters. The van der Waals surface area contributed by atoms with Gasteiger partial charge in [0.1, 0.15) is 6.29 Å². The van der Waals surface area contributed by atoms with Gasteiger partial charge in [0.05, 0.1) is 23.1 Å². The lowest BCUT2D eigenvalue weighted by molar-refractivity contribution is -0.385. The topological polar surface area (TPSA) is 142 Å². The number of rotatable bonds is 10. The SMILES string of the molecule is CCOP(=O)(CN1C/C(=C\c2ccc([N+](=O)[O-])cc2)C(=O)/C(=C/c2ccc([N+](=O)[O-])cc2)C1)OCC. The highest BCUT2D eigenvalue weighted by Gasteiger charge is 2.33. The average molecular weight is 515 g/mol. The number of benzene rings is 2. The molecule has 11 nitrogen and oxygen atoms in total. The minimum Gasteiger partial charge on any atom is -0.308 e. The number of Topliss-reactive ketones (excluding diaryl/α,β-unsaturated/α-hetero) is 1. The van der Waals surface area contributed by atoms with Crippen LogP contribution in [-0.4, -0.2) is 53.1 Å². The number of carbonyl (C=O) groups is 1. The minimum atomic E-state index is -3.45. The number of piperidine rings is 1. The Morgan fingerprint density at radius 1 is 0.833 bits per heavy atom. The molecule has 0 unspecified atom stereocenters. The summed E-state index contributed by atoms with van der Waals surface area (Å²) in [6.07, 6.45) is 3.22. The summed E-state index contributed by atoms with van der Waals surface area (Å²) in [4.78, 5) is 36.0. The van der Waals surface area contributed by atoms with Crippen molar-refractivity contribution in [1.82, 2.24) is 4.90 Å².